The summed E-state index contributed by atoms with van der Waals surface area (Å²) in [6.45, 7) is 1.50. The van der Waals surface area contributed by atoms with Crippen LogP contribution in [0.4, 0.5) is 28.2 Å². The van der Waals surface area contributed by atoms with Crippen LogP contribution >= 0.6 is 10.2 Å². The summed E-state index contributed by atoms with van der Waals surface area (Å²) in [5, 5.41) is 5.95. The second-order valence-electron chi connectivity index (χ2n) is 7.84. The third kappa shape index (κ3) is 6.34. The molecule has 1 N–H and O–H groups in total. The molecule has 3 aromatic rings. The van der Waals surface area contributed by atoms with Gasteiger partial charge in [-0.15, -0.1) is 0 Å². The number of methoxy groups -OCH3 is 1. The number of aryl methyl sites for hydroxylation is 1. The van der Waals surface area contributed by atoms with Crippen LogP contribution in [0.5, 0.6) is 11.6 Å². The maximum atomic E-state index is 13.7. The van der Waals surface area contributed by atoms with Gasteiger partial charge in [-0.1, -0.05) is 37.6 Å². The van der Waals surface area contributed by atoms with E-state index in [1.165, 1.54) is 38.3 Å². The predicted molar refractivity (Wildman–Crippen MR) is 120 cm³/mol. The molecule has 0 saturated heterocycles. The topological polar surface area (TPSA) is 82.5 Å². The zero-order valence-corrected chi connectivity index (χ0v) is 20.2. The Morgan fingerprint density at radius 3 is 2.19 bits per heavy atom. The molecule has 0 bridgehead atoms. The van der Waals surface area contributed by atoms with E-state index in [0.717, 1.165) is 13.1 Å². The SMILES string of the molecule is COC(=O)c1ccc([C@H](C)NC(=O)c2c(C(F)F)nn(C)c2Oc2cccc(S(F)(F)(F)(F)F)c2)cc1. The lowest BCUT2D eigenvalue weighted by Crippen LogP contribution is -2.27. The molecular formula is C22H20F7N3O4S. The molecule has 0 aliphatic carbocycles. The summed E-state index contributed by atoms with van der Waals surface area (Å²) in [6, 6.07) is 6.68. The normalized spacial score (nSPS) is 14.5. The van der Waals surface area contributed by atoms with Gasteiger partial charge in [0.15, 0.2) is 0 Å². The lowest BCUT2D eigenvalue weighted by atomic mass is 10.1. The number of halogens is 7. The van der Waals surface area contributed by atoms with Crippen LogP contribution in [0.3, 0.4) is 0 Å². The number of hydrogen-bond donors (Lipinski definition) is 1. The van der Waals surface area contributed by atoms with Crippen molar-refractivity contribution in [1.82, 2.24) is 15.1 Å². The van der Waals surface area contributed by atoms with Crippen molar-refractivity contribution in [3.05, 3.63) is 70.9 Å². The van der Waals surface area contributed by atoms with Gasteiger partial charge < -0.3 is 14.8 Å². The Kier molecular flexibility index (Phi) is 6.75. The van der Waals surface area contributed by atoms with E-state index in [1.54, 1.807) is 0 Å². The molecule has 0 aliphatic rings. The zero-order valence-electron chi connectivity index (χ0n) is 19.4. The quantitative estimate of drug-likeness (QED) is 0.237. The number of aromatic nitrogens is 2. The summed E-state index contributed by atoms with van der Waals surface area (Å²) in [5.41, 5.74) is -1.14. The largest absolute Gasteiger partial charge is 0.465 e. The Labute approximate surface area is 205 Å². The number of amides is 1. The molecule has 1 heterocycles. The Morgan fingerprint density at radius 2 is 1.65 bits per heavy atom. The highest BCUT2D eigenvalue weighted by Crippen LogP contribution is 3.02. The molecule has 7 nitrogen and oxygen atoms in total. The van der Waals surface area contributed by atoms with Gasteiger partial charge >= 0.3 is 16.2 Å². The molecular weight excluding hydrogens is 535 g/mol. The number of hydrogen-bond acceptors (Lipinski definition) is 5. The Hall–Kier alpha value is -3.75. The van der Waals surface area contributed by atoms with Crippen molar-refractivity contribution in [3.8, 4) is 11.6 Å². The fourth-order valence-corrected chi connectivity index (χ4v) is 3.95. The van der Waals surface area contributed by atoms with Crippen molar-refractivity contribution in [3.63, 3.8) is 0 Å². The molecule has 0 radical (unpaired) electrons. The highest BCUT2D eigenvalue weighted by Gasteiger charge is 2.65. The monoisotopic (exact) mass is 555 g/mol. The minimum Gasteiger partial charge on any atom is -0.465 e. The number of carbonyl (C=O) groups is 2. The predicted octanol–water partition coefficient (Wildman–Crippen LogP) is 7.09. The number of nitrogens with one attached hydrogen (secondary N) is 1. The molecule has 3 rings (SSSR count). The third-order valence-electron chi connectivity index (χ3n) is 5.10. The molecule has 37 heavy (non-hydrogen) atoms. The maximum absolute atomic E-state index is 13.7. The number of nitrogens with zero attached hydrogens (tertiary/aromatic N) is 2. The number of esters is 1. The molecule has 0 aliphatic heterocycles. The fraction of sp³-hybridized carbons (Fsp3) is 0.227. The second kappa shape index (κ2) is 8.97. The molecule has 2 aromatic carbocycles. The van der Waals surface area contributed by atoms with E-state index in [4.69, 9.17) is 4.74 Å². The summed E-state index contributed by atoms with van der Waals surface area (Å²) in [6.07, 6.45) is -3.28. The molecule has 0 saturated carbocycles. The van der Waals surface area contributed by atoms with Crippen LogP contribution in [0.1, 0.15) is 51.4 Å². The van der Waals surface area contributed by atoms with Crippen LogP contribution in [-0.4, -0.2) is 28.8 Å². The Bertz CT molecular complexity index is 1340. The zero-order chi connectivity index (χ0) is 27.8. The Balaban J connectivity index is 1.95. The van der Waals surface area contributed by atoms with E-state index in [1.807, 2.05) is 0 Å². The average Bonchev–Trinajstić information content (AvgIpc) is 3.13. The summed E-state index contributed by atoms with van der Waals surface area (Å²) in [5.74, 6) is -3.20. The van der Waals surface area contributed by atoms with Crippen molar-refractivity contribution in [2.24, 2.45) is 7.05 Å². The van der Waals surface area contributed by atoms with Crippen molar-refractivity contribution in [2.75, 3.05) is 7.11 Å². The van der Waals surface area contributed by atoms with Crippen LogP contribution in [0, 0.1) is 0 Å². The maximum Gasteiger partial charge on any atom is 0.337 e. The minimum atomic E-state index is -10.1. The standard InChI is InChI=1S/C22H20F7N3O4S/c1-12(13-7-9-14(10-8-13)22(34)35-3)30-20(33)17-18(19(23)24)31-32(2)21(17)36-15-5-4-6-16(11-15)37(25,26,27,28)29/h4-12,19H,1-3H3,(H,30,33)/t12-/m0/s1. The van der Waals surface area contributed by atoms with Gasteiger partial charge in [-0.05, 0) is 36.8 Å². The van der Waals surface area contributed by atoms with E-state index in [0.29, 0.717) is 16.3 Å². The summed E-state index contributed by atoms with van der Waals surface area (Å²) in [4.78, 5) is 22.3. The van der Waals surface area contributed by atoms with Gasteiger partial charge in [0.25, 0.3) is 12.3 Å². The van der Waals surface area contributed by atoms with E-state index in [-0.39, 0.29) is 17.7 Å². The summed E-state index contributed by atoms with van der Waals surface area (Å²) >= 11 is 0. The third-order valence-corrected chi connectivity index (χ3v) is 6.25. The first-order valence-corrected chi connectivity index (χ1v) is 12.2. The number of ether oxygens (including phenoxy) is 2. The molecule has 0 spiro atoms. The highest BCUT2D eigenvalue weighted by molar-refractivity contribution is 8.45. The first-order chi connectivity index (χ1) is 16.9. The van der Waals surface area contributed by atoms with Crippen LogP contribution in [0.15, 0.2) is 53.4 Å². The molecule has 1 aromatic heterocycles. The number of alkyl halides is 2. The van der Waals surface area contributed by atoms with Crippen molar-refractivity contribution in [1.29, 1.82) is 0 Å². The summed E-state index contributed by atoms with van der Waals surface area (Å²) in [7, 11) is -7.79. The van der Waals surface area contributed by atoms with Gasteiger partial charge in [-0.2, -0.15) is 5.10 Å². The van der Waals surface area contributed by atoms with Crippen LogP contribution < -0.4 is 10.1 Å². The molecule has 0 unspecified atom stereocenters. The van der Waals surface area contributed by atoms with Gasteiger partial charge in [0.2, 0.25) is 5.88 Å². The van der Waals surface area contributed by atoms with Gasteiger partial charge in [-0.3, -0.25) is 4.79 Å². The summed E-state index contributed by atoms with van der Waals surface area (Å²) < 4.78 is 104. The van der Waals surface area contributed by atoms with Gasteiger partial charge in [-0.25, -0.2) is 18.3 Å². The van der Waals surface area contributed by atoms with E-state index in [2.05, 4.69) is 15.2 Å². The number of carbonyl (C=O) groups excluding carboxylic acids is 2. The molecule has 15 heteroatoms. The van der Waals surface area contributed by atoms with E-state index >= 15 is 0 Å². The molecule has 0 fully saturated rings. The second-order valence-corrected chi connectivity index (χ2v) is 10.3. The van der Waals surface area contributed by atoms with Crippen LogP contribution in [0.25, 0.3) is 0 Å². The van der Waals surface area contributed by atoms with E-state index in [9.17, 15) is 37.8 Å². The van der Waals surface area contributed by atoms with Gasteiger partial charge in [0, 0.05) is 13.1 Å². The number of benzene rings is 2. The number of rotatable bonds is 8. The highest BCUT2D eigenvalue weighted by atomic mass is 32.5. The minimum absolute atomic E-state index is 0.00374. The molecule has 1 amide bonds. The lowest BCUT2D eigenvalue weighted by Gasteiger charge is -2.40. The Morgan fingerprint density at radius 1 is 1.03 bits per heavy atom. The van der Waals surface area contributed by atoms with Crippen molar-refractivity contribution < 1.29 is 47.3 Å². The first-order valence-electron chi connectivity index (χ1n) is 10.3. The smallest absolute Gasteiger partial charge is 0.337 e. The van der Waals surface area contributed by atoms with Crippen molar-refractivity contribution >= 4 is 22.1 Å². The van der Waals surface area contributed by atoms with Crippen LogP contribution in [-0.2, 0) is 11.8 Å². The van der Waals surface area contributed by atoms with Crippen molar-refractivity contribution in [2.45, 2.75) is 24.3 Å². The van der Waals surface area contributed by atoms with Gasteiger partial charge in [0.1, 0.15) is 21.9 Å². The lowest BCUT2D eigenvalue weighted by molar-refractivity contribution is 0.0600. The van der Waals surface area contributed by atoms with Crippen LogP contribution in [0.2, 0.25) is 0 Å². The average molecular weight is 555 g/mol. The van der Waals surface area contributed by atoms with E-state index < -0.39 is 62.4 Å². The molecule has 1 atom stereocenters. The van der Waals surface area contributed by atoms with Gasteiger partial charge in [0.05, 0.1) is 18.7 Å². The fourth-order valence-electron chi connectivity index (χ4n) is 3.28. The molecule has 202 valence electrons. The first kappa shape index (κ1) is 27.8.